The number of rotatable bonds is 11. The Bertz CT molecular complexity index is 1390. The second kappa shape index (κ2) is 13.5. The fraction of sp³-hybridized carbons (Fsp3) is 0.259. The van der Waals surface area contributed by atoms with Gasteiger partial charge in [-0.1, -0.05) is 71.7 Å². The summed E-state index contributed by atoms with van der Waals surface area (Å²) in [6, 6.07) is 20.1. The summed E-state index contributed by atoms with van der Waals surface area (Å²) in [6.07, 6.45) is 1.27. The van der Waals surface area contributed by atoms with Crippen LogP contribution in [0.25, 0.3) is 0 Å². The van der Waals surface area contributed by atoms with E-state index >= 15 is 0 Å². The van der Waals surface area contributed by atoms with Crippen LogP contribution in [0.5, 0.6) is 0 Å². The van der Waals surface area contributed by atoms with Crippen LogP contribution in [0.15, 0.2) is 77.3 Å². The van der Waals surface area contributed by atoms with Crippen molar-refractivity contribution >= 4 is 66.7 Å². The van der Waals surface area contributed by atoms with Gasteiger partial charge < -0.3 is 10.2 Å². The van der Waals surface area contributed by atoms with Crippen molar-refractivity contribution in [2.45, 2.75) is 25.9 Å². The maximum absolute atomic E-state index is 13.9. The number of hydrogen-bond acceptors (Lipinski definition) is 4. The summed E-state index contributed by atoms with van der Waals surface area (Å²) >= 11 is 15.7. The predicted octanol–water partition coefficient (Wildman–Crippen LogP) is 5.30. The molecular weight excluding hydrogens is 613 g/mol. The molecule has 2 amide bonds. The lowest BCUT2D eigenvalue weighted by atomic mass is 10.0. The first-order chi connectivity index (χ1) is 18.0. The largest absolute Gasteiger partial charge is 0.355 e. The normalized spacial score (nSPS) is 12.0. The first kappa shape index (κ1) is 30.0. The minimum Gasteiger partial charge on any atom is -0.355 e. The summed E-state index contributed by atoms with van der Waals surface area (Å²) in [5, 5.41) is 3.47. The number of nitrogens with zero attached hydrogens (tertiary/aromatic N) is 2. The topological polar surface area (TPSA) is 86.8 Å². The highest BCUT2D eigenvalue weighted by molar-refractivity contribution is 9.10. The Kier molecular flexibility index (Phi) is 10.6. The van der Waals surface area contributed by atoms with Gasteiger partial charge in [-0.25, -0.2) is 8.42 Å². The monoisotopic (exact) mass is 639 g/mol. The van der Waals surface area contributed by atoms with Crippen LogP contribution >= 0.6 is 39.1 Å². The van der Waals surface area contributed by atoms with E-state index in [1.165, 1.54) is 4.90 Å². The number of halogens is 3. The van der Waals surface area contributed by atoms with Crippen LogP contribution < -0.4 is 9.62 Å². The van der Waals surface area contributed by atoms with Gasteiger partial charge in [-0.05, 0) is 58.2 Å². The highest BCUT2D eigenvalue weighted by Crippen LogP contribution is 2.29. The molecule has 0 unspecified atom stereocenters. The van der Waals surface area contributed by atoms with Gasteiger partial charge in [-0.15, -0.1) is 0 Å². The fourth-order valence-corrected chi connectivity index (χ4v) is 5.73. The molecule has 0 radical (unpaired) electrons. The maximum atomic E-state index is 13.9. The van der Waals surface area contributed by atoms with Gasteiger partial charge in [0.2, 0.25) is 21.8 Å². The molecule has 0 aliphatic heterocycles. The number of carbonyl (C=O) groups is 2. The minimum atomic E-state index is -3.85. The van der Waals surface area contributed by atoms with Crippen molar-refractivity contribution in [3.05, 3.63) is 98.4 Å². The lowest BCUT2D eigenvalue weighted by molar-refractivity contribution is -0.140. The van der Waals surface area contributed by atoms with E-state index in [1.54, 1.807) is 49.4 Å². The fourth-order valence-electron chi connectivity index (χ4n) is 3.93. The molecule has 0 aromatic heterocycles. The number of amides is 2. The van der Waals surface area contributed by atoms with E-state index in [-0.39, 0.29) is 18.9 Å². The van der Waals surface area contributed by atoms with Crippen molar-refractivity contribution in [2.24, 2.45) is 0 Å². The Balaban J connectivity index is 2.07. The molecular formula is C27H28BrCl2N3O4S. The first-order valence-corrected chi connectivity index (χ1v) is 15.2. The van der Waals surface area contributed by atoms with Gasteiger partial charge in [0.25, 0.3) is 0 Å². The average molecular weight is 641 g/mol. The summed E-state index contributed by atoms with van der Waals surface area (Å²) in [5.74, 6) is -0.902. The third kappa shape index (κ3) is 7.96. The first-order valence-electron chi connectivity index (χ1n) is 11.8. The van der Waals surface area contributed by atoms with Gasteiger partial charge >= 0.3 is 0 Å². The zero-order chi connectivity index (χ0) is 27.9. The van der Waals surface area contributed by atoms with Crippen LogP contribution in [-0.2, 0) is 32.6 Å². The molecule has 202 valence electrons. The van der Waals surface area contributed by atoms with Crippen LogP contribution in [-0.4, -0.2) is 50.5 Å². The van der Waals surface area contributed by atoms with Crippen LogP contribution in [0.3, 0.4) is 0 Å². The van der Waals surface area contributed by atoms with Gasteiger partial charge in [0.05, 0.1) is 22.0 Å². The summed E-state index contributed by atoms with van der Waals surface area (Å²) in [6.45, 7) is 1.66. The third-order valence-corrected chi connectivity index (χ3v) is 8.30. The quantitative estimate of drug-likeness (QED) is 0.308. The molecule has 7 nitrogen and oxygen atoms in total. The van der Waals surface area contributed by atoms with Gasteiger partial charge in [0.15, 0.2) is 0 Å². The number of hydrogen-bond donors (Lipinski definition) is 1. The van der Waals surface area contributed by atoms with Crippen molar-refractivity contribution in [2.75, 3.05) is 23.7 Å². The summed E-state index contributed by atoms with van der Waals surface area (Å²) in [5.41, 5.74) is 1.80. The molecule has 0 fully saturated rings. The SMILES string of the molecule is CCNC(=O)[C@H](Cc1ccccc1)N(Cc1ccc(Cl)c(Cl)c1)C(=O)CN(c1ccccc1Br)S(C)(=O)=O. The average Bonchev–Trinajstić information content (AvgIpc) is 2.87. The van der Waals surface area contributed by atoms with Crippen molar-refractivity contribution in [3.8, 4) is 0 Å². The van der Waals surface area contributed by atoms with Crippen LogP contribution in [0.4, 0.5) is 5.69 Å². The molecule has 3 rings (SSSR count). The molecule has 0 spiro atoms. The Labute approximate surface area is 241 Å². The Morgan fingerprint density at radius 3 is 2.21 bits per heavy atom. The number of likely N-dealkylation sites (N-methyl/N-ethyl adjacent to an activating group) is 1. The van der Waals surface area contributed by atoms with E-state index < -0.39 is 28.5 Å². The standard InChI is InChI=1S/C27H28BrCl2N3O4S/c1-3-31-27(35)25(16-19-9-5-4-6-10-19)32(17-20-13-14-22(29)23(30)15-20)26(34)18-33(38(2,36)37)24-12-8-7-11-21(24)28/h4-15,25H,3,16-18H2,1-2H3,(H,31,35)/t25-/m0/s1. The van der Waals surface area contributed by atoms with E-state index in [0.29, 0.717) is 32.3 Å². The summed E-state index contributed by atoms with van der Waals surface area (Å²) in [7, 11) is -3.85. The number of benzene rings is 3. The number of carbonyl (C=O) groups excluding carboxylic acids is 2. The van der Waals surface area contributed by atoms with E-state index in [1.807, 2.05) is 30.3 Å². The molecule has 38 heavy (non-hydrogen) atoms. The molecule has 11 heteroatoms. The van der Waals surface area contributed by atoms with E-state index in [4.69, 9.17) is 23.2 Å². The van der Waals surface area contributed by atoms with Gasteiger partial charge in [0.1, 0.15) is 12.6 Å². The molecule has 3 aromatic rings. The summed E-state index contributed by atoms with van der Waals surface area (Å²) < 4.78 is 27.1. The lowest BCUT2D eigenvalue weighted by Crippen LogP contribution is -2.53. The molecule has 1 atom stereocenters. The van der Waals surface area contributed by atoms with Crippen molar-refractivity contribution < 1.29 is 18.0 Å². The minimum absolute atomic E-state index is 0.0118. The number of para-hydroxylation sites is 1. The second-order valence-electron chi connectivity index (χ2n) is 8.59. The second-order valence-corrected chi connectivity index (χ2v) is 12.2. The van der Waals surface area contributed by atoms with Crippen molar-refractivity contribution in [1.82, 2.24) is 10.2 Å². The molecule has 3 aromatic carbocycles. The molecule has 0 bridgehead atoms. The molecule has 0 heterocycles. The Morgan fingerprint density at radius 2 is 1.61 bits per heavy atom. The number of nitrogens with one attached hydrogen (secondary N) is 1. The smallest absolute Gasteiger partial charge is 0.244 e. The molecule has 0 aliphatic rings. The highest BCUT2D eigenvalue weighted by Gasteiger charge is 2.33. The maximum Gasteiger partial charge on any atom is 0.244 e. The number of sulfonamides is 1. The third-order valence-electron chi connectivity index (χ3n) is 5.76. The molecule has 0 saturated carbocycles. The van der Waals surface area contributed by atoms with Crippen LogP contribution in [0, 0.1) is 0 Å². The van der Waals surface area contributed by atoms with Gasteiger partial charge in [-0.2, -0.15) is 0 Å². The van der Waals surface area contributed by atoms with E-state index in [2.05, 4.69) is 21.2 Å². The predicted molar refractivity (Wildman–Crippen MR) is 156 cm³/mol. The zero-order valence-corrected chi connectivity index (χ0v) is 24.8. The molecule has 0 saturated heterocycles. The summed E-state index contributed by atoms with van der Waals surface area (Å²) in [4.78, 5) is 28.7. The molecule has 1 N–H and O–H groups in total. The van der Waals surface area contributed by atoms with Gasteiger partial charge in [-0.3, -0.25) is 13.9 Å². The van der Waals surface area contributed by atoms with Crippen LogP contribution in [0.2, 0.25) is 10.0 Å². The van der Waals surface area contributed by atoms with Crippen molar-refractivity contribution in [1.29, 1.82) is 0 Å². The Hall–Kier alpha value is -2.59. The van der Waals surface area contributed by atoms with E-state index in [9.17, 15) is 18.0 Å². The van der Waals surface area contributed by atoms with Gasteiger partial charge in [0, 0.05) is 24.0 Å². The molecule has 0 aliphatic carbocycles. The van der Waals surface area contributed by atoms with E-state index in [0.717, 1.165) is 16.1 Å². The van der Waals surface area contributed by atoms with Crippen molar-refractivity contribution in [3.63, 3.8) is 0 Å². The Morgan fingerprint density at radius 1 is 0.947 bits per heavy atom. The highest BCUT2D eigenvalue weighted by atomic mass is 79.9. The zero-order valence-electron chi connectivity index (χ0n) is 20.9. The lowest BCUT2D eigenvalue weighted by Gasteiger charge is -2.33. The van der Waals surface area contributed by atoms with Crippen LogP contribution in [0.1, 0.15) is 18.1 Å². The number of anilines is 1.